The lowest BCUT2D eigenvalue weighted by Gasteiger charge is -2.41. The first-order valence-corrected chi connectivity index (χ1v) is 8.07. The predicted molar refractivity (Wildman–Crippen MR) is 85.7 cm³/mol. The van der Waals surface area contributed by atoms with Crippen molar-refractivity contribution in [2.75, 3.05) is 18.8 Å². The summed E-state index contributed by atoms with van der Waals surface area (Å²) < 4.78 is 0. The van der Waals surface area contributed by atoms with Gasteiger partial charge in [0.25, 0.3) is 0 Å². The van der Waals surface area contributed by atoms with E-state index in [2.05, 4.69) is 43.9 Å². The van der Waals surface area contributed by atoms with Gasteiger partial charge in [0.1, 0.15) is 0 Å². The Bertz CT molecular complexity index is 479. The SMILES string of the molecule is CC(C)(C)C1CCN(C2CCc3cc(N)ccc32)CC1. The van der Waals surface area contributed by atoms with Gasteiger partial charge in [0.2, 0.25) is 0 Å². The van der Waals surface area contributed by atoms with Gasteiger partial charge in [-0.1, -0.05) is 26.8 Å². The Morgan fingerprint density at radius 1 is 1.10 bits per heavy atom. The van der Waals surface area contributed by atoms with E-state index in [1.165, 1.54) is 49.9 Å². The van der Waals surface area contributed by atoms with Gasteiger partial charge in [0.05, 0.1) is 0 Å². The van der Waals surface area contributed by atoms with Crippen LogP contribution >= 0.6 is 0 Å². The molecule has 0 radical (unpaired) electrons. The van der Waals surface area contributed by atoms with Gasteiger partial charge in [-0.2, -0.15) is 0 Å². The van der Waals surface area contributed by atoms with Crippen LogP contribution in [0.5, 0.6) is 0 Å². The molecule has 0 bridgehead atoms. The number of hydrogen-bond acceptors (Lipinski definition) is 2. The summed E-state index contributed by atoms with van der Waals surface area (Å²) in [5.74, 6) is 0.881. The molecular formula is C18H28N2. The molecule has 1 unspecified atom stereocenters. The van der Waals surface area contributed by atoms with E-state index >= 15 is 0 Å². The largest absolute Gasteiger partial charge is 0.399 e. The molecule has 20 heavy (non-hydrogen) atoms. The summed E-state index contributed by atoms with van der Waals surface area (Å²) in [6.07, 6.45) is 5.18. The Balaban J connectivity index is 1.69. The third kappa shape index (κ3) is 2.58. The van der Waals surface area contributed by atoms with Gasteiger partial charge in [-0.25, -0.2) is 0 Å². The van der Waals surface area contributed by atoms with Gasteiger partial charge < -0.3 is 5.73 Å². The van der Waals surface area contributed by atoms with Crippen molar-refractivity contribution in [1.29, 1.82) is 0 Å². The topological polar surface area (TPSA) is 29.3 Å². The Morgan fingerprint density at radius 3 is 2.45 bits per heavy atom. The molecule has 2 heteroatoms. The summed E-state index contributed by atoms with van der Waals surface area (Å²) in [4.78, 5) is 2.71. The second kappa shape index (κ2) is 5.07. The number of fused-ring (bicyclic) bond motifs is 1. The lowest BCUT2D eigenvalue weighted by atomic mass is 9.75. The number of aryl methyl sites for hydroxylation is 1. The van der Waals surface area contributed by atoms with E-state index in [4.69, 9.17) is 5.73 Å². The van der Waals surface area contributed by atoms with Crippen LogP contribution in [0.15, 0.2) is 18.2 Å². The van der Waals surface area contributed by atoms with E-state index in [1.807, 2.05) is 0 Å². The monoisotopic (exact) mass is 272 g/mol. The minimum atomic E-state index is 0.466. The summed E-state index contributed by atoms with van der Waals surface area (Å²) >= 11 is 0. The third-order valence-electron chi connectivity index (χ3n) is 5.41. The number of nitrogens with zero attached hydrogens (tertiary/aromatic N) is 1. The summed E-state index contributed by atoms with van der Waals surface area (Å²) in [6.45, 7) is 9.69. The maximum Gasteiger partial charge on any atom is 0.0354 e. The predicted octanol–water partition coefficient (Wildman–Crippen LogP) is 4.01. The molecule has 1 aromatic rings. The molecule has 0 saturated carbocycles. The fraction of sp³-hybridized carbons (Fsp3) is 0.667. The van der Waals surface area contributed by atoms with Crippen LogP contribution in [0, 0.1) is 11.3 Å². The van der Waals surface area contributed by atoms with Crippen LogP contribution in [-0.4, -0.2) is 18.0 Å². The highest BCUT2D eigenvalue weighted by Crippen LogP contribution is 2.41. The standard InChI is InChI=1S/C18H28N2/c1-18(2,3)14-8-10-20(11-9-14)17-7-4-13-12-15(19)5-6-16(13)17/h5-6,12,14,17H,4,7-11,19H2,1-3H3. The number of piperidine rings is 1. The molecule has 110 valence electrons. The van der Waals surface area contributed by atoms with Crippen molar-refractivity contribution in [3.63, 3.8) is 0 Å². The van der Waals surface area contributed by atoms with Crippen molar-refractivity contribution >= 4 is 5.69 Å². The molecular weight excluding hydrogens is 244 g/mol. The number of nitrogen functional groups attached to an aromatic ring is 1. The molecule has 2 aliphatic rings. The van der Waals surface area contributed by atoms with Crippen LogP contribution < -0.4 is 5.73 Å². The Hall–Kier alpha value is -1.02. The average Bonchev–Trinajstić information content (AvgIpc) is 2.80. The molecule has 1 aliphatic heterocycles. The van der Waals surface area contributed by atoms with E-state index in [9.17, 15) is 0 Å². The molecule has 0 aromatic heterocycles. The van der Waals surface area contributed by atoms with Crippen molar-refractivity contribution < 1.29 is 0 Å². The van der Waals surface area contributed by atoms with E-state index in [1.54, 1.807) is 0 Å². The van der Waals surface area contributed by atoms with Crippen molar-refractivity contribution in [2.24, 2.45) is 11.3 Å². The fourth-order valence-corrected chi connectivity index (χ4v) is 4.07. The van der Waals surface area contributed by atoms with Gasteiger partial charge in [-0.3, -0.25) is 4.90 Å². The highest BCUT2D eigenvalue weighted by molar-refractivity contribution is 5.47. The molecule has 2 nitrogen and oxygen atoms in total. The van der Waals surface area contributed by atoms with Crippen LogP contribution in [0.2, 0.25) is 0 Å². The van der Waals surface area contributed by atoms with Gasteiger partial charge in [0.15, 0.2) is 0 Å². The van der Waals surface area contributed by atoms with E-state index in [0.717, 1.165) is 11.6 Å². The zero-order chi connectivity index (χ0) is 14.3. The van der Waals surface area contributed by atoms with Crippen molar-refractivity contribution in [3.8, 4) is 0 Å². The first-order valence-electron chi connectivity index (χ1n) is 8.07. The van der Waals surface area contributed by atoms with E-state index < -0.39 is 0 Å². The highest BCUT2D eigenvalue weighted by atomic mass is 15.2. The molecule has 0 spiro atoms. The average molecular weight is 272 g/mol. The lowest BCUT2D eigenvalue weighted by molar-refractivity contribution is 0.0826. The third-order valence-corrected chi connectivity index (χ3v) is 5.41. The first kappa shape index (κ1) is 13.9. The molecule has 1 heterocycles. The van der Waals surface area contributed by atoms with Gasteiger partial charge in [-0.05, 0) is 73.4 Å². The molecule has 3 rings (SSSR count). The fourth-order valence-electron chi connectivity index (χ4n) is 4.07. The quantitative estimate of drug-likeness (QED) is 0.783. The maximum absolute atomic E-state index is 5.91. The first-order chi connectivity index (χ1) is 9.45. The lowest BCUT2D eigenvalue weighted by Crippen LogP contribution is -2.39. The maximum atomic E-state index is 5.91. The minimum absolute atomic E-state index is 0.466. The van der Waals surface area contributed by atoms with Crippen LogP contribution in [0.3, 0.4) is 0 Å². The Kier molecular flexibility index (Phi) is 3.53. The summed E-state index contributed by atoms with van der Waals surface area (Å²) in [5, 5.41) is 0. The van der Waals surface area contributed by atoms with Crippen molar-refractivity contribution in [2.45, 2.75) is 52.5 Å². The van der Waals surface area contributed by atoms with Crippen molar-refractivity contribution in [3.05, 3.63) is 29.3 Å². The number of rotatable bonds is 1. The van der Waals surface area contributed by atoms with Crippen LogP contribution in [0.4, 0.5) is 5.69 Å². The zero-order valence-electron chi connectivity index (χ0n) is 13.2. The number of benzene rings is 1. The zero-order valence-corrected chi connectivity index (χ0v) is 13.2. The normalized spacial score (nSPS) is 24.9. The molecule has 1 fully saturated rings. The molecule has 1 saturated heterocycles. The van der Waals surface area contributed by atoms with E-state index in [0.29, 0.717) is 11.5 Å². The second-order valence-electron chi connectivity index (χ2n) is 7.69. The van der Waals surface area contributed by atoms with Gasteiger partial charge >= 0.3 is 0 Å². The summed E-state index contributed by atoms with van der Waals surface area (Å²) in [7, 11) is 0. The smallest absolute Gasteiger partial charge is 0.0354 e. The molecule has 1 aromatic carbocycles. The second-order valence-corrected chi connectivity index (χ2v) is 7.69. The van der Waals surface area contributed by atoms with Crippen LogP contribution in [0.25, 0.3) is 0 Å². The number of hydrogen-bond donors (Lipinski definition) is 1. The molecule has 1 aliphatic carbocycles. The Morgan fingerprint density at radius 2 is 1.80 bits per heavy atom. The van der Waals surface area contributed by atoms with Gasteiger partial charge in [-0.15, -0.1) is 0 Å². The van der Waals surface area contributed by atoms with E-state index in [-0.39, 0.29) is 0 Å². The number of anilines is 1. The molecule has 1 atom stereocenters. The number of likely N-dealkylation sites (tertiary alicyclic amines) is 1. The van der Waals surface area contributed by atoms with Gasteiger partial charge in [0, 0.05) is 11.7 Å². The Labute approximate surface area is 123 Å². The highest BCUT2D eigenvalue weighted by Gasteiger charge is 2.34. The molecule has 2 N–H and O–H groups in total. The number of nitrogens with two attached hydrogens (primary N) is 1. The minimum Gasteiger partial charge on any atom is -0.399 e. The summed E-state index contributed by atoms with van der Waals surface area (Å²) in [6, 6.07) is 7.15. The van der Waals surface area contributed by atoms with Crippen LogP contribution in [0.1, 0.15) is 57.2 Å². The van der Waals surface area contributed by atoms with Crippen molar-refractivity contribution in [1.82, 2.24) is 4.90 Å². The molecule has 0 amide bonds. The summed E-state index contributed by atoms with van der Waals surface area (Å²) in [5.41, 5.74) is 10.3. The van der Waals surface area contributed by atoms with Crippen LogP contribution in [-0.2, 0) is 6.42 Å².